The first-order valence-electron chi connectivity index (χ1n) is 5.67. The number of nitrogens with two attached hydrogens (primary N) is 1. The zero-order valence-corrected chi connectivity index (χ0v) is 9.59. The van der Waals surface area contributed by atoms with Crippen LogP contribution in [0.2, 0.25) is 0 Å². The van der Waals surface area contributed by atoms with E-state index in [4.69, 9.17) is 10.5 Å². The molecular weight excluding hydrogens is 176 g/mol. The average Bonchev–Trinajstić information content (AvgIpc) is 2.30. The fraction of sp³-hybridized carbons (Fsp3) is 1.00. The SMILES string of the molecule is CC(C)(N)CCCN1CCCOCC1. The maximum atomic E-state index is 5.94. The first-order chi connectivity index (χ1) is 6.58. The van der Waals surface area contributed by atoms with Crippen molar-refractivity contribution in [3.63, 3.8) is 0 Å². The van der Waals surface area contributed by atoms with Crippen LogP contribution in [0.15, 0.2) is 0 Å². The second-order valence-corrected chi connectivity index (χ2v) is 4.90. The highest BCUT2D eigenvalue weighted by molar-refractivity contribution is 4.72. The lowest BCUT2D eigenvalue weighted by Gasteiger charge is -2.22. The molecule has 3 heteroatoms. The third kappa shape index (κ3) is 5.58. The third-order valence-corrected chi connectivity index (χ3v) is 2.61. The summed E-state index contributed by atoms with van der Waals surface area (Å²) in [6.45, 7) is 9.46. The van der Waals surface area contributed by atoms with Crippen molar-refractivity contribution in [3.8, 4) is 0 Å². The fourth-order valence-electron chi connectivity index (χ4n) is 1.78. The van der Waals surface area contributed by atoms with E-state index in [0.29, 0.717) is 0 Å². The van der Waals surface area contributed by atoms with Gasteiger partial charge in [0.2, 0.25) is 0 Å². The van der Waals surface area contributed by atoms with E-state index in [1.54, 1.807) is 0 Å². The predicted octanol–water partition coefficient (Wildman–Crippen LogP) is 1.23. The van der Waals surface area contributed by atoms with E-state index in [1.807, 2.05) is 0 Å². The lowest BCUT2D eigenvalue weighted by molar-refractivity contribution is 0.141. The molecule has 0 bridgehead atoms. The van der Waals surface area contributed by atoms with Crippen molar-refractivity contribution in [1.29, 1.82) is 0 Å². The summed E-state index contributed by atoms with van der Waals surface area (Å²) in [5.41, 5.74) is 5.93. The molecule has 0 atom stereocenters. The first kappa shape index (κ1) is 12.0. The Kier molecular flexibility index (Phi) is 4.85. The van der Waals surface area contributed by atoms with Gasteiger partial charge >= 0.3 is 0 Å². The Morgan fingerprint density at radius 3 is 2.79 bits per heavy atom. The van der Waals surface area contributed by atoms with Crippen LogP contribution in [0, 0.1) is 0 Å². The topological polar surface area (TPSA) is 38.5 Å². The van der Waals surface area contributed by atoms with Crippen molar-refractivity contribution in [2.24, 2.45) is 5.73 Å². The quantitative estimate of drug-likeness (QED) is 0.741. The molecule has 1 saturated heterocycles. The smallest absolute Gasteiger partial charge is 0.0593 e. The summed E-state index contributed by atoms with van der Waals surface area (Å²) in [6, 6.07) is 0. The Balaban J connectivity index is 2.10. The van der Waals surface area contributed by atoms with E-state index in [-0.39, 0.29) is 5.54 Å². The molecule has 1 aliphatic rings. The Morgan fingerprint density at radius 1 is 1.29 bits per heavy atom. The lowest BCUT2D eigenvalue weighted by Crippen LogP contribution is -2.34. The minimum Gasteiger partial charge on any atom is -0.380 e. The minimum atomic E-state index is -0.0116. The molecule has 0 radical (unpaired) electrons. The Morgan fingerprint density at radius 2 is 2.07 bits per heavy atom. The van der Waals surface area contributed by atoms with Crippen LogP contribution < -0.4 is 5.73 Å². The molecule has 14 heavy (non-hydrogen) atoms. The summed E-state index contributed by atoms with van der Waals surface area (Å²) in [4.78, 5) is 2.48. The van der Waals surface area contributed by atoms with Crippen LogP contribution in [0.1, 0.15) is 33.1 Å². The molecular formula is C11H24N2O. The molecule has 0 saturated carbocycles. The second kappa shape index (κ2) is 5.69. The normalized spacial score (nSPS) is 20.8. The molecule has 84 valence electrons. The van der Waals surface area contributed by atoms with E-state index >= 15 is 0 Å². The molecule has 0 aromatic rings. The molecule has 2 N–H and O–H groups in total. The van der Waals surface area contributed by atoms with Gasteiger partial charge in [0.1, 0.15) is 0 Å². The third-order valence-electron chi connectivity index (χ3n) is 2.61. The number of rotatable bonds is 4. The fourth-order valence-corrected chi connectivity index (χ4v) is 1.78. The molecule has 0 unspecified atom stereocenters. The van der Waals surface area contributed by atoms with E-state index in [0.717, 1.165) is 26.2 Å². The molecule has 0 amide bonds. The van der Waals surface area contributed by atoms with Gasteiger partial charge in [0, 0.05) is 25.2 Å². The van der Waals surface area contributed by atoms with Crippen LogP contribution in [0.5, 0.6) is 0 Å². The van der Waals surface area contributed by atoms with Crippen LogP contribution >= 0.6 is 0 Å². The monoisotopic (exact) mass is 200 g/mol. The van der Waals surface area contributed by atoms with E-state index < -0.39 is 0 Å². The highest BCUT2D eigenvalue weighted by atomic mass is 16.5. The van der Waals surface area contributed by atoms with Crippen LogP contribution in [0.25, 0.3) is 0 Å². The van der Waals surface area contributed by atoms with E-state index in [1.165, 1.54) is 25.9 Å². The Bertz CT molecular complexity index is 146. The molecule has 1 heterocycles. The van der Waals surface area contributed by atoms with Gasteiger partial charge in [-0.3, -0.25) is 0 Å². The molecule has 1 fully saturated rings. The maximum Gasteiger partial charge on any atom is 0.0593 e. The minimum absolute atomic E-state index is 0.0116. The Hall–Kier alpha value is -0.120. The van der Waals surface area contributed by atoms with Crippen molar-refractivity contribution < 1.29 is 4.74 Å². The number of nitrogens with zero attached hydrogens (tertiary/aromatic N) is 1. The number of hydrogen-bond acceptors (Lipinski definition) is 3. The van der Waals surface area contributed by atoms with Crippen molar-refractivity contribution in [2.75, 3.05) is 32.8 Å². The zero-order chi connectivity index (χ0) is 10.4. The van der Waals surface area contributed by atoms with Gasteiger partial charge in [0.15, 0.2) is 0 Å². The predicted molar refractivity (Wildman–Crippen MR) is 59.4 cm³/mol. The van der Waals surface area contributed by atoms with Gasteiger partial charge in [0.05, 0.1) is 6.61 Å². The molecule has 0 aromatic heterocycles. The van der Waals surface area contributed by atoms with Gasteiger partial charge in [-0.05, 0) is 39.7 Å². The van der Waals surface area contributed by atoms with Crippen LogP contribution in [-0.2, 0) is 4.74 Å². The molecule has 0 spiro atoms. The van der Waals surface area contributed by atoms with Crippen molar-refractivity contribution in [1.82, 2.24) is 4.90 Å². The summed E-state index contributed by atoms with van der Waals surface area (Å²) < 4.78 is 5.41. The highest BCUT2D eigenvalue weighted by Gasteiger charge is 2.12. The van der Waals surface area contributed by atoms with Gasteiger partial charge in [-0.25, -0.2) is 0 Å². The van der Waals surface area contributed by atoms with E-state index in [9.17, 15) is 0 Å². The van der Waals surface area contributed by atoms with Crippen molar-refractivity contribution in [3.05, 3.63) is 0 Å². The van der Waals surface area contributed by atoms with Crippen LogP contribution in [0.4, 0.5) is 0 Å². The summed E-state index contributed by atoms with van der Waals surface area (Å²) in [7, 11) is 0. The van der Waals surface area contributed by atoms with Gasteiger partial charge in [-0.2, -0.15) is 0 Å². The molecule has 0 aliphatic carbocycles. The lowest BCUT2D eigenvalue weighted by atomic mass is 10.00. The maximum absolute atomic E-state index is 5.94. The second-order valence-electron chi connectivity index (χ2n) is 4.90. The van der Waals surface area contributed by atoms with Crippen LogP contribution in [0.3, 0.4) is 0 Å². The van der Waals surface area contributed by atoms with Gasteiger partial charge in [-0.15, -0.1) is 0 Å². The Labute approximate surface area is 87.6 Å². The average molecular weight is 200 g/mol. The highest BCUT2D eigenvalue weighted by Crippen LogP contribution is 2.08. The molecule has 1 rings (SSSR count). The largest absolute Gasteiger partial charge is 0.380 e. The zero-order valence-electron chi connectivity index (χ0n) is 9.59. The van der Waals surface area contributed by atoms with Gasteiger partial charge in [-0.1, -0.05) is 0 Å². The van der Waals surface area contributed by atoms with Crippen molar-refractivity contribution >= 4 is 0 Å². The first-order valence-corrected chi connectivity index (χ1v) is 5.67. The van der Waals surface area contributed by atoms with Crippen molar-refractivity contribution in [2.45, 2.75) is 38.6 Å². The number of ether oxygens (including phenoxy) is 1. The van der Waals surface area contributed by atoms with E-state index in [2.05, 4.69) is 18.7 Å². The molecule has 0 aromatic carbocycles. The van der Waals surface area contributed by atoms with Gasteiger partial charge < -0.3 is 15.4 Å². The summed E-state index contributed by atoms with van der Waals surface area (Å²) in [6.07, 6.45) is 3.47. The number of hydrogen-bond donors (Lipinski definition) is 1. The summed E-state index contributed by atoms with van der Waals surface area (Å²) in [5.74, 6) is 0. The standard InChI is InChI=1S/C11H24N2O/c1-11(2,12)5-3-6-13-7-4-9-14-10-8-13/h3-10,12H2,1-2H3. The van der Waals surface area contributed by atoms with Crippen LogP contribution in [-0.4, -0.2) is 43.3 Å². The van der Waals surface area contributed by atoms with Gasteiger partial charge in [0.25, 0.3) is 0 Å². The summed E-state index contributed by atoms with van der Waals surface area (Å²) in [5, 5.41) is 0. The molecule has 1 aliphatic heterocycles. The molecule has 3 nitrogen and oxygen atoms in total. The summed E-state index contributed by atoms with van der Waals surface area (Å²) >= 11 is 0.